The Morgan fingerprint density at radius 1 is 1.18 bits per heavy atom. The number of aromatic nitrogens is 2. The first-order chi connectivity index (χ1) is 13.6. The summed E-state index contributed by atoms with van der Waals surface area (Å²) in [7, 11) is 0. The number of hydrogen-bond donors (Lipinski definition) is 2. The van der Waals surface area contributed by atoms with E-state index in [-0.39, 0.29) is 24.9 Å². The van der Waals surface area contributed by atoms with Crippen molar-refractivity contribution in [3.05, 3.63) is 59.9 Å². The second kappa shape index (κ2) is 9.11. The highest BCUT2D eigenvalue weighted by atomic mass is 32.2. The predicted octanol–water partition coefficient (Wildman–Crippen LogP) is 2.90. The Hall–Kier alpha value is -3.24. The molecule has 7 heteroatoms. The number of thioether (sulfide) groups is 1. The van der Waals surface area contributed by atoms with Crippen molar-refractivity contribution in [3.8, 4) is 12.3 Å². The lowest BCUT2D eigenvalue weighted by Crippen LogP contribution is -2.26. The van der Waals surface area contributed by atoms with E-state index in [1.807, 2.05) is 35.1 Å². The van der Waals surface area contributed by atoms with Gasteiger partial charge in [0.05, 0.1) is 34.6 Å². The Morgan fingerprint density at radius 3 is 2.71 bits per heavy atom. The van der Waals surface area contributed by atoms with Crippen LogP contribution in [0.1, 0.15) is 16.2 Å². The first-order valence-corrected chi connectivity index (χ1v) is 10.1. The number of nitrogens with zero attached hydrogens (tertiary/aromatic N) is 2. The molecular formula is C21H20N4O2S. The number of rotatable bonds is 7. The van der Waals surface area contributed by atoms with Gasteiger partial charge in [-0.1, -0.05) is 30.2 Å². The van der Waals surface area contributed by atoms with E-state index in [0.29, 0.717) is 17.0 Å². The molecule has 2 amide bonds. The van der Waals surface area contributed by atoms with Crippen LogP contribution in [0, 0.1) is 12.3 Å². The van der Waals surface area contributed by atoms with Crippen molar-refractivity contribution in [1.82, 2.24) is 14.9 Å². The minimum absolute atomic E-state index is 0.108. The van der Waals surface area contributed by atoms with Crippen LogP contribution in [0.25, 0.3) is 11.0 Å². The summed E-state index contributed by atoms with van der Waals surface area (Å²) in [4.78, 5) is 29.6. The molecule has 2 N–H and O–H groups in total. The monoisotopic (exact) mass is 392 g/mol. The molecule has 1 heterocycles. The molecule has 6 nitrogen and oxygen atoms in total. The van der Waals surface area contributed by atoms with Gasteiger partial charge in [-0.25, -0.2) is 4.98 Å². The zero-order chi connectivity index (χ0) is 19.9. The van der Waals surface area contributed by atoms with Gasteiger partial charge in [0.2, 0.25) is 5.91 Å². The number of nitrogens with one attached hydrogen (secondary N) is 2. The summed E-state index contributed by atoms with van der Waals surface area (Å²) in [5, 5.41) is 5.45. The van der Waals surface area contributed by atoms with Crippen LogP contribution in [-0.4, -0.2) is 34.2 Å². The van der Waals surface area contributed by atoms with Gasteiger partial charge in [0, 0.05) is 0 Å². The molecule has 142 valence electrons. The van der Waals surface area contributed by atoms with Crippen molar-refractivity contribution < 1.29 is 9.59 Å². The van der Waals surface area contributed by atoms with Gasteiger partial charge < -0.3 is 15.2 Å². The van der Waals surface area contributed by atoms with Gasteiger partial charge in [0.15, 0.2) is 0 Å². The molecule has 0 bridgehead atoms. The quantitative estimate of drug-likeness (QED) is 0.606. The standard InChI is InChI=1S/C21H20N4O2S/c1-3-12-22-21(27)15-8-4-5-9-16(15)24-20(26)13-25-18-11-7-6-10-17(18)23-19(25)14-28-2/h1,4-11H,12-14H2,2H3,(H,22,27)(H,24,26). The van der Waals surface area contributed by atoms with E-state index in [0.717, 1.165) is 16.9 Å². The van der Waals surface area contributed by atoms with Gasteiger partial charge in [-0.2, -0.15) is 11.8 Å². The minimum Gasteiger partial charge on any atom is -0.341 e. The molecule has 28 heavy (non-hydrogen) atoms. The van der Waals surface area contributed by atoms with Gasteiger partial charge >= 0.3 is 0 Å². The summed E-state index contributed by atoms with van der Waals surface area (Å²) >= 11 is 1.65. The number of anilines is 1. The number of hydrogen-bond acceptors (Lipinski definition) is 4. The Bertz CT molecular complexity index is 1050. The van der Waals surface area contributed by atoms with Gasteiger partial charge in [0.1, 0.15) is 12.4 Å². The Balaban J connectivity index is 1.82. The summed E-state index contributed by atoms with van der Waals surface area (Å²) in [6, 6.07) is 14.6. The van der Waals surface area contributed by atoms with Crippen LogP contribution in [0.5, 0.6) is 0 Å². The molecule has 3 rings (SSSR count). The van der Waals surface area contributed by atoms with E-state index in [4.69, 9.17) is 6.42 Å². The largest absolute Gasteiger partial charge is 0.341 e. The molecule has 0 saturated carbocycles. The van der Waals surface area contributed by atoms with E-state index in [1.54, 1.807) is 36.0 Å². The molecule has 3 aromatic rings. The number of terminal acetylenes is 1. The molecule has 0 spiro atoms. The summed E-state index contributed by atoms with van der Waals surface area (Å²) in [5.41, 5.74) is 2.57. The molecular weight excluding hydrogens is 372 g/mol. The van der Waals surface area contributed by atoms with Crippen molar-refractivity contribution >= 4 is 40.3 Å². The second-order valence-corrected chi connectivity index (χ2v) is 6.88. The highest BCUT2D eigenvalue weighted by Gasteiger charge is 2.16. The lowest BCUT2D eigenvalue weighted by atomic mass is 10.1. The van der Waals surface area contributed by atoms with Crippen LogP contribution in [-0.2, 0) is 17.1 Å². The fraction of sp³-hybridized carbons (Fsp3) is 0.190. The van der Waals surface area contributed by atoms with Crippen LogP contribution in [0.2, 0.25) is 0 Å². The topological polar surface area (TPSA) is 76.0 Å². The molecule has 2 aromatic carbocycles. The van der Waals surface area contributed by atoms with E-state index in [9.17, 15) is 9.59 Å². The third-order valence-corrected chi connectivity index (χ3v) is 4.65. The van der Waals surface area contributed by atoms with Crippen molar-refractivity contribution in [2.24, 2.45) is 0 Å². The minimum atomic E-state index is -0.329. The fourth-order valence-electron chi connectivity index (χ4n) is 2.89. The first-order valence-electron chi connectivity index (χ1n) is 8.67. The normalized spacial score (nSPS) is 10.4. The number of para-hydroxylation sites is 3. The molecule has 0 aliphatic heterocycles. The van der Waals surface area contributed by atoms with Crippen LogP contribution in [0.4, 0.5) is 5.69 Å². The lowest BCUT2D eigenvalue weighted by molar-refractivity contribution is -0.116. The van der Waals surface area contributed by atoms with Gasteiger partial charge in [-0.3, -0.25) is 9.59 Å². The summed E-state index contributed by atoms with van der Waals surface area (Å²) < 4.78 is 1.90. The summed E-state index contributed by atoms with van der Waals surface area (Å²) in [5.74, 6) is 3.34. The second-order valence-electron chi connectivity index (χ2n) is 6.02. The van der Waals surface area contributed by atoms with Crippen LogP contribution in [0.15, 0.2) is 48.5 Å². The van der Waals surface area contributed by atoms with Crippen LogP contribution < -0.4 is 10.6 Å². The molecule has 1 aromatic heterocycles. The molecule has 0 unspecified atom stereocenters. The van der Waals surface area contributed by atoms with E-state index >= 15 is 0 Å². The van der Waals surface area contributed by atoms with Gasteiger partial charge in [-0.15, -0.1) is 6.42 Å². The predicted molar refractivity (Wildman–Crippen MR) is 113 cm³/mol. The van der Waals surface area contributed by atoms with Crippen molar-refractivity contribution in [2.75, 3.05) is 18.1 Å². The molecule has 0 radical (unpaired) electrons. The molecule has 0 atom stereocenters. The summed E-state index contributed by atoms with van der Waals surface area (Å²) in [6.45, 7) is 0.233. The maximum Gasteiger partial charge on any atom is 0.254 e. The van der Waals surface area contributed by atoms with E-state index < -0.39 is 0 Å². The molecule has 0 aliphatic carbocycles. The maximum absolute atomic E-state index is 12.7. The molecule has 0 fully saturated rings. The van der Waals surface area contributed by atoms with E-state index in [2.05, 4.69) is 21.5 Å². The third kappa shape index (κ3) is 4.35. The summed E-state index contributed by atoms with van der Waals surface area (Å²) in [6.07, 6.45) is 7.18. The number of carbonyl (C=O) groups is 2. The number of benzene rings is 2. The SMILES string of the molecule is C#CCNC(=O)c1ccccc1NC(=O)Cn1c(CSC)nc2ccccc21. The average Bonchev–Trinajstić information content (AvgIpc) is 3.04. The number of fused-ring (bicyclic) bond motifs is 1. The van der Waals surface area contributed by atoms with Crippen molar-refractivity contribution in [3.63, 3.8) is 0 Å². The van der Waals surface area contributed by atoms with E-state index in [1.165, 1.54) is 0 Å². The molecule has 0 aliphatic rings. The Morgan fingerprint density at radius 2 is 1.93 bits per heavy atom. The smallest absolute Gasteiger partial charge is 0.254 e. The van der Waals surface area contributed by atoms with Crippen LogP contribution in [0.3, 0.4) is 0 Å². The average molecular weight is 392 g/mol. The third-order valence-electron chi connectivity index (χ3n) is 4.11. The Kier molecular flexibility index (Phi) is 6.35. The lowest BCUT2D eigenvalue weighted by Gasteiger charge is -2.12. The fourth-order valence-corrected chi connectivity index (χ4v) is 3.37. The van der Waals surface area contributed by atoms with Crippen molar-refractivity contribution in [1.29, 1.82) is 0 Å². The van der Waals surface area contributed by atoms with Gasteiger partial charge in [0.25, 0.3) is 5.91 Å². The maximum atomic E-state index is 12.7. The first kappa shape index (κ1) is 19.5. The van der Waals surface area contributed by atoms with Gasteiger partial charge in [-0.05, 0) is 30.5 Å². The van der Waals surface area contributed by atoms with Crippen molar-refractivity contribution in [2.45, 2.75) is 12.3 Å². The zero-order valence-corrected chi connectivity index (χ0v) is 16.3. The zero-order valence-electron chi connectivity index (χ0n) is 15.4. The Labute approximate surface area is 167 Å². The molecule has 0 saturated heterocycles. The number of amides is 2. The number of carbonyl (C=O) groups excluding carboxylic acids is 2. The highest BCUT2D eigenvalue weighted by Crippen LogP contribution is 2.20. The van der Waals surface area contributed by atoms with Crippen LogP contribution >= 0.6 is 11.8 Å². The number of imidazole rings is 1. The highest BCUT2D eigenvalue weighted by molar-refractivity contribution is 7.97.